The van der Waals surface area contributed by atoms with Gasteiger partial charge in [0.25, 0.3) is 5.78 Å². The lowest BCUT2D eigenvalue weighted by molar-refractivity contribution is 0.712. The van der Waals surface area contributed by atoms with E-state index < -0.39 is 0 Å². The summed E-state index contributed by atoms with van der Waals surface area (Å²) in [6.07, 6.45) is 2.56. The van der Waals surface area contributed by atoms with Gasteiger partial charge in [0.1, 0.15) is 17.3 Å². The molecular formula is C12H10ClN5S. The summed E-state index contributed by atoms with van der Waals surface area (Å²) in [4.78, 5) is 12.0. The van der Waals surface area contributed by atoms with E-state index in [-0.39, 0.29) is 0 Å². The van der Waals surface area contributed by atoms with Crippen molar-refractivity contribution in [3.05, 3.63) is 39.4 Å². The molecule has 0 atom stereocenters. The Morgan fingerprint density at radius 3 is 3.26 bits per heavy atom. The highest BCUT2D eigenvalue weighted by molar-refractivity contribution is 7.10. The second-order valence-electron chi connectivity index (χ2n) is 4.45. The predicted octanol–water partition coefficient (Wildman–Crippen LogP) is 2.40. The van der Waals surface area contributed by atoms with Crippen molar-refractivity contribution in [2.45, 2.75) is 13.0 Å². The molecule has 0 saturated carbocycles. The minimum absolute atomic E-state index is 0.451. The van der Waals surface area contributed by atoms with E-state index in [1.54, 1.807) is 4.52 Å². The molecule has 4 rings (SSSR count). The van der Waals surface area contributed by atoms with E-state index in [9.17, 15) is 0 Å². The van der Waals surface area contributed by atoms with Crippen LogP contribution in [0.5, 0.6) is 0 Å². The van der Waals surface area contributed by atoms with Crippen molar-refractivity contribution >= 4 is 34.5 Å². The van der Waals surface area contributed by atoms with Gasteiger partial charge in [-0.15, -0.1) is 11.3 Å². The highest BCUT2D eigenvalue weighted by Crippen LogP contribution is 2.28. The standard InChI is InChI=1S/C12H10ClN5S/c13-10-5-11(18-12(16-10)14-7-15-18)17-3-1-9-8(6-17)2-4-19-9/h2,4-5,7H,1,3,6H2. The minimum atomic E-state index is 0.451. The van der Waals surface area contributed by atoms with E-state index >= 15 is 0 Å². The van der Waals surface area contributed by atoms with Gasteiger partial charge in [0.15, 0.2) is 0 Å². The maximum absolute atomic E-state index is 6.06. The molecule has 3 aromatic heterocycles. The van der Waals surface area contributed by atoms with Gasteiger partial charge in [-0.1, -0.05) is 11.6 Å². The molecular weight excluding hydrogens is 282 g/mol. The first kappa shape index (κ1) is 11.2. The lowest BCUT2D eigenvalue weighted by Crippen LogP contribution is -2.31. The highest BCUT2D eigenvalue weighted by atomic mass is 35.5. The second kappa shape index (κ2) is 4.18. The fraction of sp³-hybridized carbons (Fsp3) is 0.250. The highest BCUT2D eigenvalue weighted by Gasteiger charge is 2.20. The van der Waals surface area contributed by atoms with Crippen molar-refractivity contribution in [2.75, 3.05) is 11.4 Å². The van der Waals surface area contributed by atoms with E-state index in [1.165, 1.54) is 16.8 Å². The van der Waals surface area contributed by atoms with E-state index in [4.69, 9.17) is 11.6 Å². The smallest absolute Gasteiger partial charge is 0.255 e. The van der Waals surface area contributed by atoms with Crippen LogP contribution in [0.2, 0.25) is 5.15 Å². The molecule has 0 radical (unpaired) electrons. The first-order valence-corrected chi connectivity index (χ1v) is 7.23. The van der Waals surface area contributed by atoms with E-state index in [2.05, 4.69) is 31.4 Å². The van der Waals surface area contributed by atoms with E-state index in [0.717, 1.165) is 25.3 Å². The first-order valence-electron chi connectivity index (χ1n) is 5.98. The maximum Gasteiger partial charge on any atom is 0.255 e. The van der Waals surface area contributed by atoms with Crippen LogP contribution in [-0.2, 0) is 13.0 Å². The summed E-state index contributed by atoms with van der Waals surface area (Å²) in [7, 11) is 0. The van der Waals surface area contributed by atoms with Crippen LogP contribution in [0.15, 0.2) is 23.8 Å². The molecule has 4 heterocycles. The largest absolute Gasteiger partial charge is 0.352 e. The Morgan fingerprint density at radius 2 is 2.32 bits per heavy atom. The van der Waals surface area contributed by atoms with Crippen LogP contribution in [0.3, 0.4) is 0 Å². The normalized spacial score (nSPS) is 14.9. The molecule has 0 N–H and O–H groups in total. The van der Waals surface area contributed by atoms with Gasteiger partial charge < -0.3 is 4.90 Å². The zero-order valence-corrected chi connectivity index (χ0v) is 11.5. The van der Waals surface area contributed by atoms with Crippen LogP contribution in [0, 0.1) is 0 Å². The van der Waals surface area contributed by atoms with Gasteiger partial charge in [0.2, 0.25) is 0 Å². The fourth-order valence-electron chi connectivity index (χ4n) is 2.44. The molecule has 96 valence electrons. The van der Waals surface area contributed by atoms with Crippen LogP contribution in [-0.4, -0.2) is 26.1 Å². The average Bonchev–Trinajstić information content (AvgIpc) is 3.04. The third-order valence-electron chi connectivity index (χ3n) is 3.33. The van der Waals surface area contributed by atoms with Gasteiger partial charge in [0, 0.05) is 24.0 Å². The zero-order chi connectivity index (χ0) is 12.8. The van der Waals surface area contributed by atoms with Crippen molar-refractivity contribution in [1.82, 2.24) is 19.6 Å². The first-order chi connectivity index (χ1) is 9.31. The second-order valence-corrected chi connectivity index (χ2v) is 5.84. The Bertz CT molecular complexity index is 750. The third-order valence-corrected chi connectivity index (χ3v) is 4.55. The summed E-state index contributed by atoms with van der Waals surface area (Å²) < 4.78 is 1.74. The monoisotopic (exact) mass is 291 g/mol. The zero-order valence-electron chi connectivity index (χ0n) is 9.95. The van der Waals surface area contributed by atoms with Gasteiger partial charge in [-0.3, -0.25) is 0 Å². The van der Waals surface area contributed by atoms with Crippen molar-refractivity contribution < 1.29 is 0 Å². The van der Waals surface area contributed by atoms with Gasteiger partial charge >= 0.3 is 0 Å². The summed E-state index contributed by atoms with van der Waals surface area (Å²) in [5, 5.41) is 6.83. The number of anilines is 1. The number of rotatable bonds is 1. The van der Waals surface area contributed by atoms with Crippen LogP contribution in [0.25, 0.3) is 5.78 Å². The number of halogens is 1. The fourth-order valence-corrected chi connectivity index (χ4v) is 3.50. The molecule has 19 heavy (non-hydrogen) atoms. The van der Waals surface area contributed by atoms with E-state index in [0.29, 0.717) is 10.9 Å². The van der Waals surface area contributed by atoms with Gasteiger partial charge in [-0.2, -0.15) is 19.6 Å². The lowest BCUT2D eigenvalue weighted by atomic mass is 10.1. The van der Waals surface area contributed by atoms with Crippen molar-refractivity contribution in [3.8, 4) is 0 Å². The molecule has 0 unspecified atom stereocenters. The van der Waals surface area contributed by atoms with Crippen molar-refractivity contribution in [2.24, 2.45) is 0 Å². The number of aromatic nitrogens is 4. The molecule has 1 aliphatic rings. The van der Waals surface area contributed by atoms with Crippen LogP contribution < -0.4 is 4.90 Å². The quantitative estimate of drug-likeness (QED) is 0.646. The van der Waals surface area contributed by atoms with Gasteiger partial charge in [0.05, 0.1) is 0 Å². The van der Waals surface area contributed by atoms with Crippen LogP contribution in [0.4, 0.5) is 5.82 Å². The summed E-state index contributed by atoms with van der Waals surface area (Å²) in [6.45, 7) is 1.84. The molecule has 0 fully saturated rings. The molecule has 0 aromatic carbocycles. The maximum atomic E-state index is 6.06. The number of hydrogen-bond donors (Lipinski definition) is 0. The molecule has 5 nitrogen and oxygen atoms in total. The molecule has 0 saturated heterocycles. The van der Waals surface area contributed by atoms with Crippen LogP contribution >= 0.6 is 22.9 Å². The molecule has 0 bridgehead atoms. The Kier molecular flexibility index (Phi) is 2.46. The summed E-state index contributed by atoms with van der Waals surface area (Å²) in [5.74, 6) is 1.49. The topological polar surface area (TPSA) is 46.3 Å². The molecule has 0 spiro atoms. The molecule has 7 heteroatoms. The van der Waals surface area contributed by atoms with Gasteiger partial charge in [-0.25, -0.2) is 0 Å². The summed E-state index contributed by atoms with van der Waals surface area (Å²) in [5.41, 5.74) is 1.39. The number of fused-ring (bicyclic) bond motifs is 2. The Balaban J connectivity index is 1.81. The van der Waals surface area contributed by atoms with Crippen molar-refractivity contribution in [1.29, 1.82) is 0 Å². The molecule has 3 aromatic rings. The van der Waals surface area contributed by atoms with E-state index in [1.807, 2.05) is 17.4 Å². The SMILES string of the molecule is Clc1cc(N2CCc3sccc3C2)n2ncnc2n1. The summed E-state index contributed by atoms with van der Waals surface area (Å²) >= 11 is 7.89. The van der Waals surface area contributed by atoms with Crippen LogP contribution in [0.1, 0.15) is 10.4 Å². The van der Waals surface area contributed by atoms with Crippen molar-refractivity contribution in [3.63, 3.8) is 0 Å². The number of hydrogen-bond acceptors (Lipinski definition) is 5. The summed E-state index contributed by atoms with van der Waals surface area (Å²) in [6, 6.07) is 4.04. The number of nitrogens with zero attached hydrogens (tertiary/aromatic N) is 5. The Labute approximate surface area is 118 Å². The van der Waals surface area contributed by atoms with Gasteiger partial charge in [-0.05, 0) is 23.4 Å². The molecule has 0 aliphatic carbocycles. The molecule has 0 amide bonds. The average molecular weight is 292 g/mol. The Hall–Kier alpha value is -1.66. The number of thiophene rings is 1. The minimum Gasteiger partial charge on any atom is -0.352 e. The molecule has 1 aliphatic heterocycles. The Morgan fingerprint density at radius 1 is 1.37 bits per heavy atom. The lowest BCUT2D eigenvalue weighted by Gasteiger charge is -2.28. The predicted molar refractivity (Wildman–Crippen MR) is 74.9 cm³/mol. The third kappa shape index (κ3) is 1.79.